The molecule has 27 heavy (non-hydrogen) atoms. The Labute approximate surface area is 159 Å². The predicted molar refractivity (Wildman–Crippen MR) is 103 cm³/mol. The maximum atomic E-state index is 12.7. The second-order valence-electron chi connectivity index (χ2n) is 5.64. The topological polar surface area (TPSA) is 93.2 Å². The molecule has 138 valence electrons. The SMILES string of the molecule is COc1ccccc1NC(=O)c1c[nH]c(=O)n(Cc2ccccc2Cl)c1=O. The molecule has 0 unspecified atom stereocenters. The highest BCUT2D eigenvalue weighted by atomic mass is 35.5. The molecule has 1 amide bonds. The molecule has 7 nitrogen and oxygen atoms in total. The van der Waals surface area contributed by atoms with Gasteiger partial charge in [-0.25, -0.2) is 4.79 Å². The number of carbonyl (C=O) groups is 1. The van der Waals surface area contributed by atoms with Crippen molar-refractivity contribution in [2.45, 2.75) is 6.54 Å². The van der Waals surface area contributed by atoms with Crippen molar-refractivity contribution >= 4 is 23.2 Å². The third-order valence-electron chi connectivity index (χ3n) is 3.95. The van der Waals surface area contributed by atoms with Gasteiger partial charge in [0, 0.05) is 11.2 Å². The van der Waals surface area contributed by atoms with Crippen LogP contribution in [0.25, 0.3) is 0 Å². The number of nitrogens with zero attached hydrogens (tertiary/aromatic N) is 1. The zero-order valence-corrected chi connectivity index (χ0v) is 15.1. The number of hydrogen-bond acceptors (Lipinski definition) is 4. The van der Waals surface area contributed by atoms with Gasteiger partial charge in [-0.1, -0.05) is 41.9 Å². The Balaban J connectivity index is 1.95. The number of halogens is 1. The van der Waals surface area contributed by atoms with Crippen molar-refractivity contribution in [2.24, 2.45) is 0 Å². The van der Waals surface area contributed by atoms with Crippen LogP contribution in [0, 0.1) is 0 Å². The summed E-state index contributed by atoms with van der Waals surface area (Å²) in [5.41, 5.74) is -0.547. The first kappa shape index (κ1) is 18.5. The fraction of sp³-hybridized carbons (Fsp3) is 0.105. The molecule has 3 rings (SSSR count). The summed E-state index contributed by atoms with van der Waals surface area (Å²) >= 11 is 6.10. The van der Waals surface area contributed by atoms with E-state index >= 15 is 0 Å². The van der Waals surface area contributed by atoms with Gasteiger partial charge in [0.05, 0.1) is 19.3 Å². The summed E-state index contributed by atoms with van der Waals surface area (Å²) in [5, 5.41) is 3.04. The van der Waals surface area contributed by atoms with Crippen LogP contribution in [0.5, 0.6) is 5.75 Å². The number of anilines is 1. The van der Waals surface area contributed by atoms with Crippen molar-refractivity contribution in [1.29, 1.82) is 0 Å². The molecule has 1 heterocycles. The average molecular weight is 386 g/mol. The summed E-state index contributed by atoms with van der Waals surface area (Å²) in [6.07, 6.45) is 1.10. The lowest BCUT2D eigenvalue weighted by Gasteiger charge is -2.11. The van der Waals surface area contributed by atoms with Gasteiger partial charge >= 0.3 is 5.69 Å². The molecule has 2 N–H and O–H groups in total. The largest absolute Gasteiger partial charge is 0.495 e. The second-order valence-corrected chi connectivity index (χ2v) is 6.05. The lowest BCUT2D eigenvalue weighted by atomic mass is 10.2. The third-order valence-corrected chi connectivity index (χ3v) is 4.32. The Morgan fingerprint density at radius 1 is 1.15 bits per heavy atom. The molecule has 0 atom stereocenters. The van der Waals surface area contributed by atoms with E-state index in [-0.39, 0.29) is 12.1 Å². The molecule has 3 aromatic rings. The van der Waals surface area contributed by atoms with Crippen molar-refractivity contribution in [3.05, 3.63) is 91.7 Å². The predicted octanol–water partition coefficient (Wildman–Crippen LogP) is 2.50. The van der Waals surface area contributed by atoms with Crippen molar-refractivity contribution in [3.63, 3.8) is 0 Å². The minimum absolute atomic E-state index is 0.0520. The van der Waals surface area contributed by atoms with E-state index in [2.05, 4.69) is 10.3 Å². The normalized spacial score (nSPS) is 10.4. The fourth-order valence-electron chi connectivity index (χ4n) is 2.55. The molecule has 2 aromatic carbocycles. The Kier molecular flexibility index (Phi) is 5.42. The molecular formula is C19H16ClN3O4. The van der Waals surface area contributed by atoms with Gasteiger partial charge in [-0.15, -0.1) is 0 Å². The van der Waals surface area contributed by atoms with Crippen LogP contribution in [0.1, 0.15) is 15.9 Å². The van der Waals surface area contributed by atoms with Crippen molar-refractivity contribution < 1.29 is 9.53 Å². The van der Waals surface area contributed by atoms with E-state index in [0.717, 1.165) is 10.8 Å². The first-order valence-corrected chi connectivity index (χ1v) is 8.39. The molecule has 0 radical (unpaired) electrons. The molecule has 0 aliphatic heterocycles. The summed E-state index contributed by atoms with van der Waals surface area (Å²) < 4.78 is 6.11. The number of benzene rings is 2. The number of amides is 1. The van der Waals surface area contributed by atoms with E-state index < -0.39 is 17.2 Å². The number of nitrogens with one attached hydrogen (secondary N) is 2. The smallest absolute Gasteiger partial charge is 0.328 e. The van der Waals surface area contributed by atoms with Gasteiger partial charge in [0.1, 0.15) is 11.3 Å². The van der Waals surface area contributed by atoms with E-state index in [9.17, 15) is 14.4 Å². The van der Waals surface area contributed by atoms with Gasteiger partial charge in [0.25, 0.3) is 11.5 Å². The summed E-state index contributed by atoms with van der Waals surface area (Å²) in [4.78, 5) is 39.8. The van der Waals surface area contributed by atoms with Gasteiger partial charge < -0.3 is 15.0 Å². The minimum atomic E-state index is -0.717. The van der Waals surface area contributed by atoms with Crippen LogP contribution in [0.15, 0.2) is 64.3 Å². The van der Waals surface area contributed by atoms with Crippen molar-refractivity contribution in [2.75, 3.05) is 12.4 Å². The van der Waals surface area contributed by atoms with Crippen LogP contribution >= 0.6 is 11.6 Å². The number of hydrogen-bond donors (Lipinski definition) is 2. The Morgan fingerprint density at radius 2 is 1.85 bits per heavy atom. The first-order chi connectivity index (χ1) is 13.0. The molecular weight excluding hydrogens is 370 g/mol. The standard InChI is InChI=1S/C19H16ClN3O4/c1-27-16-9-5-4-8-15(16)22-17(24)13-10-21-19(26)23(18(13)25)11-12-6-2-3-7-14(12)20/h2-10H,11H2,1H3,(H,21,26)(H,22,24). The van der Waals surface area contributed by atoms with Crippen LogP contribution in [0.3, 0.4) is 0 Å². The molecule has 0 saturated carbocycles. The molecule has 0 saturated heterocycles. The number of carbonyl (C=O) groups excluding carboxylic acids is 1. The zero-order valence-electron chi connectivity index (χ0n) is 14.4. The van der Waals surface area contributed by atoms with Crippen molar-refractivity contribution in [3.8, 4) is 5.75 Å². The molecule has 8 heteroatoms. The van der Waals surface area contributed by atoms with Gasteiger partial charge in [0.2, 0.25) is 0 Å². The Hall–Kier alpha value is -3.32. The summed E-state index contributed by atoms with van der Waals surface area (Å²) in [6.45, 7) is -0.0520. The van der Waals surface area contributed by atoms with E-state index in [1.165, 1.54) is 7.11 Å². The van der Waals surface area contributed by atoms with Gasteiger partial charge in [-0.3, -0.25) is 14.2 Å². The summed E-state index contributed by atoms with van der Waals surface area (Å²) in [6, 6.07) is 13.7. The van der Waals surface area contributed by atoms with E-state index in [4.69, 9.17) is 16.3 Å². The number of methoxy groups -OCH3 is 1. The first-order valence-electron chi connectivity index (χ1n) is 8.01. The highest BCUT2D eigenvalue weighted by Gasteiger charge is 2.17. The fourth-order valence-corrected chi connectivity index (χ4v) is 2.75. The van der Waals surface area contributed by atoms with Gasteiger partial charge in [-0.05, 0) is 23.8 Å². The van der Waals surface area contributed by atoms with Gasteiger partial charge in [-0.2, -0.15) is 0 Å². The Bertz CT molecular complexity index is 1100. The number of para-hydroxylation sites is 2. The quantitative estimate of drug-likeness (QED) is 0.705. The lowest BCUT2D eigenvalue weighted by molar-refractivity contribution is 0.102. The zero-order chi connectivity index (χ0) is 19.4. The molecule has 0 spiro atoms. The minimum Gasteiger partial charge on any atom is -0.495 e. The van der Waals surface area contributed by atoms with E-state index in [0.29, 0.717) is 22.0 Å². The maximum Gasteiger partial charge on any atom is 0.328 e. The highest BCUT2D eigenvalue weighted by Crippen LogP contribution is 2.23. The summed E-state index contributed by atoms with van der Waals surface area (Å²) in [7, 11) is 1.47. The second kappa shape index (κ2) is 7.92. The molecule has 0 fully saturated rings. The van der Waals surface area contributed by atoms with Crippen LogP contribution in [-0.4, -0.2) is 22.6 Å². The van der Waals surface area contributed by atoms with Crippen molar-refractivity contribution in [1.82, 2.24) is 9.55 Å². The monoisotopic (exact) mass is 385 g/mol. The average Bonchev–Trinajstić information content (AvgIpc) is 2.67. The van der Waals surface area contributed by atoms with Crippen LogP contribution in [0.2, 0.25) is 5.02 Å². The third kappa shape index (κ3) is 3.93. The van der Waals surface area contributed by atoms with Crippen LogP contribution in [-0.2, 0) is 6.54 Å². The molecule has 0 aliphatic carbocycles. The van der Waals surface area contributed by atoms with Gasteiger partial charge in [0.15, 0.2) is 0 Å². The number of H-pyrrole nitrogens is 1. The van der Waals surface area contributed by atoms with E-state index in [1.54, 1.807) is 48.5 Å². The number of ether oxygens (including phenoxy) is 1. The lowest BCUT2D eigenvalue weighted by Crippen LogP contribution is -2.39. The molecule has 0 bridgehead atoms. The molecule has 1 aromatic heterocycles. The number of rotatable bonds is 5. The van der Waals surface area contributed by atoms with E-state index in [1.807, 2.05) is 0 Å². The number of aromatic amines is 1. The van der Waals surface area contributed by atoms with Crippen LogP contribution in [0.4, 0.5) is 5.69 Å². The highest BCUT2D eigenvalue weighted by molar-refractivity contribution is 6.31. The number of aromatic nitrogens is 2. The summed E-state index contributed by atoms with van der Waals surface area (Å²) in [5.74, 6) is -0.208. The van der Waals surface area contributed by atoms with Crippen LogP contribution < -0.4 is 21.3 Å². The molecule has 0 aliphatic rings. The Morgan fingerprint density at radius 3 is 2.59 bits per heavy atom. The maximum absolute atomic E-state index is 12.7.